The molecule has 4 aromatic rings. The largest absolute Gasteiger partial charge is 0.497 e. The number of piperidine rings is 2. The summed E-state index contributed by atoms with van der Waals surface area (Å²) >= 11 is 14.3. The molecular formula is C40H46Cl2N6O4. The lowest BCUT2D eigenvalue weighted by molar-refractivity contribution is -0.130. The number of amides is 2. The molecule has 2 amide bonds. The highest BCUT2D eigenvalue weighted by molar-refractivity contribution is 6.39. The van der Waals surface area contributed by atoms with Crippen LogP contribution in [0.1, 0.15) is 50.7 Å². The fourth-order valence-electron chi connectivity index (χ4n) is 7.05. The van der Waals surface area contributed by atoms with Gasteiger partial charge in [0.25, 0.3) is 0 Å². The number of carbonyl (C=O) groups is 2. The summed E-state index contributed by atoms with van der Waals surface area (Å²) in [6, 6.07) is 18.4. The minimum Gasteiger partial charge on any atom is -0.497 e. The van der Waals surface area contributed by atoms with Crippen LogP contribution in [0.2, 0.25) is 10.0 Å². The lowest BCUT2D eigenvalue weighted by Gasteiger charge is -2.31. The predicted molar refractivity (Wildman–Crippen MR) is 206 cm³/mol. The van der Waals surface area contributed by atoms with Crippen molar-refractivity contribution in [3.05, 3.63) is 82.0 Å². The first kappa shape index (κ1) is 37.5. The van der Waals surface area contributed by atoms with E-state index < -0.39 is 0 Å². The highest BCUT2D eigenvalue weighted by Crippen LogP contribution is 2.42. The highest BCUT2D eigenvalue weighted by atomic mass is 35.5. The Labute approximate surface area is 315 Å². The molecule has 0 unspecified atom stereocenters. The molecule has 10 nitrogen and oxygen atoms in total. The van der Waals surface area contributed by atoms with Crippen molar-refractivity contribution in [2.24, 2.45) is 0 Å². The van der Waals surface area contributed by atoms with Crippen molar-refractivity contribution in [3.8, 4) is 45.3 Å². The number of halogens is 2. The summed E-state index contributed by atoms with van der Waals surface area (Å²) in [6.07, 6.45) is 5.40. The van der Waals surface area contributed by atoms with E-state index in [1.165, 1.54) is 0 Å². The van der Waals surface area contributed by atoms with E-state index in [2.05, 4.69) is 16.7 Å². The third-order valence-corrected chi connectivity index (χ3v) is 10.9. The van der Waals surface area contributed by atoms with Gasteiger partial charge in [-0.15, -0.1) is 0 Å². The molecule has 0 aliphatic carbocycles. The number of carbonyl (C=O) groups excluding carboxylic acids is 2. The second kappa shape index (κ2) is 17.1. The van der Waals surface area contributed by atoms with Gasteiger partial charge >= 0.3 is 0 Å². The van der Waals surface area contributed by atoms with E-state index in [0.717, 1.165) is 85.2 Å². The Bertz CT molecular complexity index is 1910. The molecule has 2 aromatic carbocycles. The SMILES string of the molecule is COc1cc(CNC2CCN(C(C)=O)CC2)cc(-c2nccc(-c3cccc(-c4ccc(CNC5CCN(C(C)=O)CC5)c(OC)n4)c3Cl)c2Cl)c1. The number of likely N-dealkylation sites (tertiary alicyclic amines) is 2. The molecule has 2 aromatic heterocycles. The first-order valence-corrected chi connectivity index (χ1v) is 18.5. The summed E-state index contributed by atoms with van der Waals surface area (Å²) in [5.41, 5.74) is 6.40. The van der Waals surface area contributed by atoms with Crippen molar-refractivity contribution in [1.29, 1.82) is 0 Å². The second-order valence-corrected chi connectivity index (χ2v) is 14.2. The molecule has 12 heteroatoms. The lowest BCUT2D eigenvalue weighted by atomic mass is 9.98. The smallest absolute Gasteiger partial charge is 0.219 e. The summed E-state index contributed by atoms with van der Waals surface area (Å²) in [5, 5.41) is 8.26. The van der Waals surface area contributed by atoms with Gasteiger partial charge in [-0.1, -0.05) is 47.5 Å². The first-order chi connectivity index (χ1) is 25.1. The van der Waals surface area contributed by atoms with Crippen molar-refractivity contribution in [3.63, 3.8) is 0 Å². The summed E-state index contributed by atoms with van der Waals surface area (Å²) in [4.78, 5) is 36.8. The molecule has 274 valence electrons. The van der Waals surface area contributed by atoms with Crippen LogP contribution in [-0.2, 0) is 22.7 Å². The molecule has 0 bridgehead atoms. The zero-order chi connectivity index (χ0) is 36.8. The molecule has 0 atom stereocenters. The lowest BCUT2D eigenvalue weighted by Crippen LogP contribution is -2.44. The van der Waals surface area contributed by atoms with Gasteiger partial charge in [-0.2, -0.15) is 0 Å². The molecule has 0 radical (unpaired) electrons. The Kier molecular flexibility index (Phi) is 12.3. The number of methoxy groups -OCH3 is 2. The van der Waals surface area contributed by atoms with E-state index in [4.69, 9.17) is 42.6 Å². The number of hydrogen-bond acceptors (Lipinski definition) is 8. The fraction of sp³-hybridized carbons (Fsp3) is 0.400. The van der Waals surface area contributed by atoms with Crippen molar-refractivity contribution in [1.82, 2.24) is 30.4 Å². The van der Waals surface area contributed by atoms with Crippen LogP contribution in [0.15, 0.2) is 60.8 Å². The predicted octanol–water partition coefficient (Wildman–Crippen LogP) is 7.00. The number of nitrogens with one attached hydrogen (secondary N) is 2. The van der Waals surface area contributed by atoms with E-state index in [9.17, 15) is 9.59 Å². The number of ether oxygens (including phenoxy) is 2. The summed E-state index contributed by atoms with van der Waals surface area (Å²) in [6.45, 7) is 7.56. The van der Waals surface area contributed by atoms with Crippen LogP contribution in [0.3, 0.4) is 0 Å². The van der Waals surface area contributed by atoms with Crippen molar-refractivity contribution >= 4 is 35.0 Å². The minimum atomic E-state index is 0.129. The number of pyridine rings is 2. The molecule has 6 rings (SSSR count). The van der Waals surface area contributed by atoms with Crippen LogP contribution >= 0.6 is 23.2 Å². The van der Waals surface area contributed by atoms with Crippen LogP contribution in [0.4, 0.5) is 0 Å². The van der Waals surface area contributed by atoms with E-state index in [1.807, 2.05) is 58.3 Å². The number of rotatable bonds is 11. The van der Waals surface area contributed by atoms with Gasteiger partial charge in [-0.05, 0) is 61.6 Å². The number of hydrogen-bond donors (Lipinski definition) is 2. The van der Waals surface area contributed by atoms with Crippen LogP contribution < -0.4 is 20.1 Å². The zero-order valence-electron chi connectivity index (χ0n) is 30.2. The van der Waals surface area contributed by atoms with E-state index >= 15 is 0 Å². The molecule has 0 saturated carbocycles. The second-order valence-electron chi connectivity index (χ2n) is 13.4. The molecule has 2 aliphatic rings. The molecule has 0 spiro atoms. The normalized spacial score (nSPS) is 15.5. The molecule has 2 fully saturated rings. The highest BCUT2D eigenvalue weighted by Gasteiger charge is 2.23. The van der Waals surface area contributed by atoms with Gasteiger partial charge in [0.2, 0.25) is 17.7 Å². The van der Waals surface area contributed by atoms with E-state index in [0.29, 0.717) is 58.2 Å². The summed E-state index contributed by atoms with van der Waals surface area (Å²) < 4.78 is 11.4. The number of aromatic nitrogens is 2. The van der Waals surface area contributed by atoms with E-state index in [-0.39, 0.29) is 11.8 Å². The van der Waals surface area contributed by atoms with Crippen molar-refractivity contribution in [2.75, 3.05) is 40.4 Å². The Morgan fingerprint density at radius 2 is 1.38 bits per heavy atom. The third-order valence-electron chi connectivity index (χ3n) is 10.1. The van der Waals surface area contributed by atoms with Gasteiger partial charge in [0.15, 0.2) is 0 Å². The molecule has 52 heavy (non-hydrogen) atoms. The Balaban J connectivity index is 1.20. The minimum absolute atomic E-state index is 0.129. The molecule has 2 N–H and O–H groups in total. The number of benzene rings is 2. The topological polar surface area (TPSA) is 109 Å². The van der Waals surface area contributed by atoms with E-state index in [1.54, 1.807) is 34.3 Å². The van der Waals surface area contributed by atoms with Crippen molar-refractivity contribution < 1.29 is 19.1 Å². The molecular weight excluding hydrogens is 699 g/mol. The van der Waals surface area contributed by atoms with Gasteiger partial charge in [0, 0.05) is 99.2 Å². The average molecular weight is 746 g/mol. The van der Waals surface area contributed by atoms with Crippen LogP contribution in [0, 0.1) is 0 Å². The van der Waals surface area contributed by atoms with Crippen molar-refractivity contribution in [2.45, 2.75) is 64.7 Å². The monoisotopic (exact) mass is 744 g/mol. The standard InChI is InChI=1S/C40H46Cl2N6O4/c1-25(49)47-16-11-30(12-17-47)44-23-27-20-29(22-32(21-27)51-3)39-38(42)34(10-15-43-39)33-6-5-7-35(37(33)41)36-9-8-28(40(46-36)52-4)24-45-31-13-18-48(19-14-31)26(2)50/h5-10,15,20-22,30-31,44-45H,11-14,16-19,23-24H2,1-4H3. The van der Waals surface area contributed by atoms with Gasteiger partial charge in [-0.25, -0.2) is 4.98 Å². The maximum atomic E-state index is 11.7. The first-order valence-electron chi connectivity index (χ1n) is 17.8. The molecule has 2 aliphatic heterocycles. The van der Waals surface area contributed by atoms with Crippen LogP contribution in [0.25, 0.3) is 33.6 Å². The quantitative estimate of drug-likeness (QED) is 0.169. The maximum absolute atomic E-state index is 11.7. The maximum Gasteiger partial charge on any atom is 0.219 e. The summed E-state index contributed by atoms with van der Waals surface area (Å²) in [7, 11) is 3.27. The Morgan fingerprint density at radius 1 is 0.769 bits per heavy atom. The van der Waals surface area contributed by atoms with Crippen LogP contribution in [0.5, 0.6) is 11.6 Å². The number of nitrogens with zero attached hydrogens (tertiary/aromatic N) is 4. The summed E-state index contributed by atoms with van der Waals surface area (Å²) in [5.74, 6) is 1.50. The van der Waals surface area contributed by atoms with Gasteiger partial charge in [-0.3, -0.25) is 14.6 Å². The van der Waals surface area contributed by atoms with Gasteiger partial charge in [0.05, 0.1) is 35.7 Å². The molecule has 4 heterocycles. The van der Waals surface area contributed by atoms with Gasteiger partial charge < -0.3 is 29.9 Å². The average Bonchev–Trinajstić information content (AvgIpc) is 3.16. The van der Waals surface area contributed by atoms with Crippen LogP contribution in [-0.4, -0.2) is 84.1 Å². The Morgan fingerprint density at radius 3 is 2.00 bits per heavy atom. The zero-order valence-corrected chi connectivity index (χ0v) is 31.7. The van der Waals surface area contributed by atoms with Gasteiger partial charge in [0.1, 0.15) is 5.75 Å². The molecule has 2 saturated heterocycles. The Hall–Kier alpha value is -4.22. The fourth-order valence-corrected chi connectivity index (χ4v) is 7.70. The third kappa shape index (κ3) is 8.69.